The maximum absolute atomic E-state index is 6.15. The lowest BCUT2D eigenvalue weighted by Crippen LogP contribution is -2.42. The standard InChI is InChI=1S/C84H130N16O8/c1-7-73-61-79(13-1)91-31-47-101-51-53-103-49-33-93-81-15-3-9-75(63-81)69-97-39-23-87-27-43-99(44-28-88-24-40-97)71-77-11-5-17-83(65-77)107-59-57-105-55-56-106-58-60-108-84-18-6-12-78(66-84)72-100-45-29-89-25-41-98(42-26-90-30-46-100)70-76-10-4-16-82(64-76)94-34-50-104-54-52-102-48-32-92-80-14-2-8-74(62-80)68-96-37-21-85-19-35-95(67-73)36-20-86-22-38-96/h1-18,61-66,85-94H,19-60,67-72H2. The first-order chi connectivity index (χ1) is 53.5. The topological polar surface area (TPSA) is 214 Å². The van der Waals surface area contributed by atoms with Gasteiger partial charge in [-0.3, -0.25) is 29.4 Å². The van der Waals surface area contributed by atoms with Gasteiger partial charge in [0.2, 0.25) is 0 Å². The Morgan fingerprint density at radius 2 is 0.389 bits per heavy atom. The van der Waals surface area contributed by atoms with Gasteiger partial charge < -0.3 is 91.1 Å². The number of nitrogens with zero attached hydrogens (tertiary/aromatic N) is 6. The maximum atomic E-state index is 6.15. The van der Waals surface area contributed by atoms with E-state index in [4.69, 9.17) is 37.9 Å². The third-order valence-electron chi connectivity index (χ3n) is 19.6. The summed E-state index contributed by atoms with van der Waals surface area (Å²) in [6, 6.07) is 52.2. The highest BCUT2D eigenvalue weighted by Gasteiger charge is 2.17. The first-order valence-electron chi connectivity index (χ1n) is 40.3. The monoisotopic (exact) mass is 1490 g/mol. The van der Waals surface area contributed by atoms with Gasteiger partial charge in [0.1, 0.15) is 24.7 Å². The Kier molecular flexibility index (Phi) is 40.8. The van der Waals surface area contributed by atoms with E-state index in [9.17, 15) is 0 Å². The van der Waals surface area contributed by atoms with Crippen molar-refractivity contribution in [3.05, 3.63) is 179 Å². The Hall–Kier alpha value is -6.60. The molecule has 7 aliphatic heterocycles. The van der Waals surface area contributed by atoms with Crippen molar-refractivity contribution in [2.45, 2.75) is 39.3 Å². The molecule has 0 saturated carbocycles. The molecule has 3 fully saturated rings. The number of hydrogen-bond donors (Lipinski definition) is 10. The van der Waals surface area contributed by atoms with Crippen molar-refractivity contribution in [2.75, 3.05) is 297 Å². The molecule has 3 saturated heterocycles. The molecule has 6 aromatic rings. The predicted molar refractivity (Wildman–Crippen MR) is 437 cm³/mol. The van der Waals surface area contributed by atoms with E-state index in [0.29, 0.717) is 92.5 Å². The molecule has 108 heavy (non-hydrogen) atoms. The van der Waals surface area contributed by atoms with Gasteiger partial charge in [0.25, 0.3) is 0 Å². The molecule has 6 aromatic carbocycles. The molecule has 18 bridgehead atoms. The predicted octanol–water partition coefficient (Wildman–Crippen LogP) is 6.10. The molecule has 594 valence electrons. The number of ether oxygens (including phenoxy) is 8. The molecule has 0 aromatic heterocycles. The zero-order valence-electron chi connectivity index (χ0n) is 64.7. The van der Waals surface area contributed by atoms with Crippen molar-refractivity contribution in [1.29, 1.82) is 0 Å². The fourth-order valence-corrected chi connectivity index (χ4v) is 13.8. The van der Waals surface area contributed by atoms with Crippen LogP contribution in [-0.4, -0.2) is 305 Å². The van der Waals surface area contributed by atoms with Crippen molar-refractivity contribution in [2.24, 2.45) is 0 Å². The molecular weight excluding hydrogens is 1360 g/mol. The van der Waals surface area contributed by atoms with E-state index in [1.807, 2.05) is 12.1 Å². The number of anilines is 4. The van der Waals surface area contributed by atoms with Gasteiger partial charge in [-0.15, -0.1) is 0 Å². The van der Waals surface area contributed by atoms with Crippen LogP contribution in [0.15, 0.2) is 146 Å². The van der Waals surface area contributed by atoms with E-state index in [0.717, 1.165) is 257 Å². The molecule has 13 rings (SSSR count). The highest BCUT2D eigenvalue weighted by molar-refractivity contribution is 5.48. The van der Waals surface area contributed by atoms with Crippen molar-refractivity contribution < 1.29 is 37.9 Å². The minimum Gasteiger partial charge on any atom is -0.491 e. The summed E-state index contributed by atoms with van der Waals surface area (Å²) < 4.78 is 47.9. The molecule has 0 aliphatic carbocycles. The Morgan fingerprint density at radius 1 is 0.194 bits per heavy atom. The summed E-state index contributed by atoms with van der Waals surface area (Å²) in [7, 11) is 0. The first-order valence-corrected chi connectivity index (χ1v) is 40.3. The fraction of sp³-hybridized carbons (Fsp3) is 0.571. The van der Waals surface area contributed by atoms with E-state index in [2.05, 4.69) is 216 Å². The summed E-state index contributed by atoms with van der Waals surface area (Å²) in [4.78, 5) is 15.3. The van der Waals surface area contributed by atoms with Crippen LogP contribution in [0.25, 0.3) is 0 Å². The summed E-state index contributed by atoms with van der Waals surface area (Å²) >= 11 is 0. The molecule has 0 atom stereocenters. The Morgan fingerprint density at radius 3 is 0.620 bits per heavy atom. The molecule has 0 spiro atoms. The van der Waals surface area contributed by atoms with Crippen LogP contribution >= 0.6 is 0 Å². The molecule has 0 amide bonds. The SMILES string of the molecule is c1cc2cc(c1)NCCOCCOCCNc1cccc(c1)CN1CCNCCN(CCNCC1)Cc1cccc(c1)OCCOCCOCCOc1cccc(c1)CN1CCNCCN(CCNCC1)Cc1cccc(c1)NCCOCCOCCNc1cccc(c1)CN1CCNCCN(CCNCC1)C2. The van der Waals surface area contributed by atoms with E-state index in [1.165, 1.54) is 33.4 Å². The third-order valence-corrected chi connectivity index (χ3v) is 19.6. The van der Waals surface area contributed by atoms with E-state index in [1.54, 1.807) is 0 Å². The Balaban J connectivity index is 0.642. The molecule has 7 heterocycles. The van der Waals surface area contributed by atoms with Crippen LogP contribution in [0.3, 0.4) is 0 Å². The first kappa shape index (κ1) is 83.9. The van der Waals surface area contributed by atoms with Crippen LogP contribution in [0.1, 0.15) is 33.4 Å². The van der Waals surface area contributed by atoms with E-state index in [-0.39, 0.29) is 0 Å². The second-order valence-electron chi connectivity index (χ2n) is 28.3. The molecule has 0 radical (unpaired) electrons. The van der Waals surface area contributed by atoms with Gasteiger partial charge in [0, 0.05) is 245 Å². The zero-order chi connectivity index (χ0) is 74.0. The average molecular weight is 1490 g/mol. The van der Waals surface area contributed by atoms with Crippen LogP contribution in [0.2, 0.25) is 0 Å². The van der Waals surface area contributed by atoms with Gasteiger partial charge >= 0.3 is 0 Å². The maximum Gasteiger partial charge on any atom is 0.119 e. The number of nitrogens with one attached hydrogen (secondary N) is 10. The molecule has 24 nitrogen and oxygen atoms in total. The Labute approximate surface area is 645 Å². The van der Waals surface area contributed by atoms with Gasteiger partial charge in [-0.05, 0) is 106 Å². The molecule has 10 N–H and O–H groups in total. The van der Waals surface area contributed by atoms with Crippen LogP contribution in [0.4, 0.5) is 22.7 Å². The summed E-state index contributed by atoms with van der Waals surface area (Å²) in [6.07, 6.45) is 0. The fourth-order valence-electron chi connectivity index (χ4n) is 13.8. The van der Waals surface area contributed by atoms with Crippen molar-refractivity contribution in [3.63, 3.8) is 0 Å². The summed E-state index contributed by atoms with van der Waals surface area (Å²) in [5, 5.41) is 36.8. The van der Waals surface area contributed by atoms with Crippen LogP contribution in [0.5, 0.6) is 11.5 Å². The largest absolute Gasteiger partial charge is 0.491 e. The highest BCUT2D eigenvalue weighted by atomic mass is 16.6. The number of fused-ring (bicyclic) bond motifs is 12. The normalized spacial score (nSPS) is 24.0. The summed E-state index contributed by atoms with van der Waals surface area (Å²) in [6.45, 7) is 38.9. The van der Waals surface area contributed by atoms with Crippen LogP contribution < -0.4 is 62.6 Å². The van der Waals surface area contributed by atoms with E-state index < -0.39 is 0 Å². The second kappa shape index (κ2) is 52.5. The van der Waals surface area contributed by atoms with Crippen molar-refractivity contribution in [3.8, 4) is 11.5 Å². The quantitative estimate of drug-likeness (QED) is 0.0833. The minimum atomic E-state index is 0.475. The lowest BCUT2D eigenvalue weighted by molar-refractivity contribution is 0.0273. The molecule has 7 aliphatic rings. The average Bonchev–Trinajstić information content (AvgIpc) is 0.921. The third kappa shape index (κ3) is 35.6. The summed E-state index contributed by atoms with van der Waals surface area (Å²) in [5.41, 5.74) is 12.2. The second-order valence-corrected chi connectivity index (χ2v) is 28.3. The number of benzene rings is 6. The van der Waals surface area contributed by atoms with Gasteiger partial charge in [0.15, 0.2) is 0 Å². The number of rotatable bonds is 0. The van der Waals surface area contributed by atoms with Gasteiger partial charge in [-0.1, -0.05) is 72.8 Å². The smallest absolute Gasteiger partial charge is 0.119 e. The van der Waals surface area contributed by atoms with Gasteiger partial charge in [0.05, 0.1) is 79.3 Å². The van der Waals surface area contributed by atoms with Gasteiger partial charge in [-0.25, -0.2) is 0 Å². The van der Waals surface area contributed by atoms with Crippen LogP contribution in [0, 0.1) is 0 Å². The lowest BCUT2D eigenvalue weighted by atomic mass is 10.1. The molecule has 0 unspecified atom stereocenters. The summed E-state index contributed by atoms with van der Waals surface area (Å²) in [5.74, 6) is 1.73. The molecular formula is C84H130N16O8. The highest BCUT2D eigenvalue weighted by Crippen LogP contribution is 2.20. The van der Waals surface area contributed by atoms with Gasteiger partial charge in [-0.2, -0.15) is 0 Å². The number of hydrogen-bond acceptors (Lipinski definition) is 24. The lowest BCUT2D eigenvalue weighted by Gasteiger charge is -2.27. The van der Waals surface area contributed by atoms with E-state index >= 15 is 0 Å². The zero-order valence-corrected chi connectivity index (χ0v) is 64.7. The van der Waals surface area contributed by atoms with Crippen molar-refractivity contribution >= 4 is 22.7 Å². The van der Waals surface area contributed by atoms with Crippen molar-refractivity contribution in [1.82, 2.24) is 61.3 Å². The van der Waals surface area contributed by atoms with Crippen LogP contribution in [-0.2, 0) is 67.7 Å². The minimum absolute atomic E-state index is 0.475. The Bertz CT molecular complexity index is 2740. The molecule has 24 heteroatoms.